The number of benzene rings is 2. The van der Waals surface area contributed by atoms with E-state index in [4.69, 9.17) is 5.73 Å². The monoisotopic (exact) mass is 456 g/mol. The molecule has 0 unspecified atom stereocenters. The molecule has 1 saturated heterocycles. The summed E-state index contributed by atoms with van der Waals surface area (Å²) in [5.74, 6) is 0.835. The second kappa shape index (κ2) is 9.60. The number of hydrogen-bond donors (Lipinski definition) is 2. The maximum atomic E-state index is 5.78. The molecule has 3 heterocycles. The molecule has 0 atom stereocenters. The summed E-state index contributed by atoms with van der Waals surface area (Å²) in [6.45, 7) is 7.77. The molecule has 1 aliphatic heterocycles. The van der Waals surface area contributed by atoms with Crippen molar-refractivity contribution in [2.45, 2.75) is 6.92 Å². The molecule has 3 N–H and O–H groups in total. The van der Waals surface area contributed by atoms with Crippen LogP contribution >= 0.6 is 11.3 Å². The van der Waals surface area contributed by atoms with Crippen molar-refractivity contribution in [2.75, 3.05) is 48.7 Å². The smallest absolute Gasteiger partial charge is 0.151 e. The number of nitrogens with zero attached hydrogens (tertiary/aromatic N) is 4. The van der Waals surface area contributed by atoms with Crippen molar-refractivity contribution in [2.24, 2.45) is 0 Å². The van der Waals surface area contributed by atoms with Crippen LogP contribution in [0.5, 0.6) is 0 Å². The number of anilines is 4. The van der Waals surface area contributed by atoms with Gasteiger partial charge in [-0.3, -0.25) is 0 Å². The van der Waals surface area contributed by atoms with E-state index in [2.05, 4.69) is 73.8 Å². The Morgan fingerprint density at radius 3 is 2.45 bits per heavy atom. The summed E-state index contributed by atoms with van der Waals surface area (Å²) in [7, 11) is 0. The standard InChI is InChI=1S/C26H28N6S/c1-2-31-13-15-32(16-14-31)23-11-9-22(10-12-23)30-26-25-24(28-18-29-26)20(17-33-25)6-3-19-4-7-21(27)8-5-19/h3-12,17-18H,2,13-16,27H2,1H3,(H,28,29,30)/b6-3+. The zero-order valence-electron chi connectivity index (χ0n) is 18.7. The normalized spacial score (nSPS) is 14.9. The van der Waals surface area contributed by atoms with Crippen molar-refractivity contribution in [3.05, 3.63) is 71.4 Å². The third-order valence-corrected chi connectivity index (χ3v) is 7.08. The first-order valence-corrected chi connectivity index (χ1v) is 12.2. The molecule has 2 aromatic carbocycles. The third kappa shape index (κ3) is 4.84. The first kappa shape index (κ1) is 21.4. The molecule has 4 aromatic rings. The lowest BCUT2D eigenvalue weighted by Gasteiger charge is -2.35. The van der Waals surface area contributed by atoms with Gasteiger partial charge in [0.25, 0.3) is 0 Å². The fraction of sp³-hybridized carbons (Fsp3) is 0.231. The summed E-state index contributed by atoms with van der Waals surface area (Å²) < 4.78 is 1.05. The van der Waals surface area contributed by atoms with Gasteiger partial charge in [-0.1, -0.05) is 31.2 Å². The molecule has 33 heavy (non-hydrogen) atoms. The minimum absolute atomic E-state index is 0.767. The van der Waals surface area contributed by atoms with Crippen LogP contribution in [0.1, 0.15) is 18.1 Å². The summed E-state index contributed by atoms with van der Waals surface area (Å²) in [5, 5.41) is 5.60. The number of piperazine rings is 1. The highest BCUT2D eigenvalue weighted by Crippen LogP contribution is 2.32. The van der Waals surface area contributed by atoms with E-state index in [1.807, 2.05) is 24.3 Å². The van der Waals surface area contributed by atoms with Gasteiger partial charge in [-0.2, -0.15) is 0 Å². The van der Waals surface area contributed by atoms with Gasteiger partial charge in [-0.15, -0.1) is 11.3 Å². The molecule has 7 heteroatoms. The van der Waals surface area contributed by atoms with Gasteiger partial charge in [0, 0.05) is 54.2 Å². The summed E-state index contributed by atoms with van der Waals surface area (Å²) in [4.78, 5) is 14.0. The van der Waals surface area contributed by atoms with E-state index in [1.165, 1.54) is 5.69 Å². The number of likely N-dealkylation sites (N-methyl/N-ethyl adjacent to an activating group) is 1. The Morgan fingerprint density at radius 1 is 0.970 bits per heavy atom. The molecule has 2 aromatic heterocycles. The SMILES string of the molecule is CCN1CCN(c2ccc(Nc3ncnc4c(/C=C/c5ccc(N)cc5)csc34)cc2)CC1. The Morgan fingerprint density at radius 2 is 1.73 bits per heavy atom. The van der Waals surface area contributed by atoms with Gasteiger partial charge < -0.3 is 20.9 Å². The molecule has 6 nitrogen and oxygen atoms in total. The van der Waals surface area contributed by atoms with Crippen LogP contribution in [-0.4, -0.2) is 47.6 Å². The summed E-state index contributed by atoms with van der Waals surface area (Å²) in [5.41, 5.74) is 12.0. The van der Waals surface area contributed by atoms with Crippen molar-refractivity contribution in [3.63, 3.8) is 0 Å². The fourth-order valence-electron chi connectivity index (χ4n) is 4.08. The molecule has 5 rings (SSSR count). The minimum Gasteiger partial charge on any atom is -0.399 e. The molecule has 0 aliphatic carbocycles. The van der Waals surface area contributed by atoms with Crippen LogP contribution in [0.15, 0.2) is 60.2 Å². The molecule has 0 bridgehead atoms. The van der Waals surface area contributed by atoms with Crippen molar-refractivity contribution < 1.29 is 0 Å². The summed E-state index contributed by atoms with van der Waals surface area (Å²) in [6, 6.07) is 16.5. The van der Waals surface area contributed by atoms with Gasteiger partial charge in [0.15, 0.2) is 5.82 Å². The molecule has 0 amide bonds. The molecule has 168 valence electrons. The number of nitrogens with two attached hydrogens (primary N) is 1. The Bertz CT molecular complexity index is 1240. The lowest BCUT2D eigenvalue weighted by atomic mass is 10.1. The second-order valence-electron chi connectivity index (χ2n) is 8.18. The van der Waals surface area contributed by atoms with Gasteiger partial charge in [-0.05, 0) is 48.5 Å². The lowest BCUT2D eigenvalue weighted by Crippen LogP contribution is -2.46. The number of fused-ring (bicyclic) bond motifs is 1. The van der Waals surface area contributed by atoms with Gasteiger partial charge in [0.2, 0.25) is 0 Å². The van der Waals surface area contributed by atoms with Crippen molar-refractivity contribution >= 4 is 56.6 Å². The average molecular weight is 457 g/mol. The second-order valence-corrected chi connectivity index (χ2v) is 9.06. The zero-order chi connectivity index (χ0) is 22.6. The van der Waals surface area contributed by atoms with E-state index in [1.54, 1.807) is 17.7 Å². The van der Waals surface area contributed by atoms with Gasteiger partial charge >= 0.3 is 0 Å². The van der Waals surface area contributed by atoms with Crippen LogP contribution in [0.2, 0.25) is 0 Å². The van der Waals surface area contributed by atoms with Crippen molar-refractivity contribution in [1.29, 1.82) is 0 Å². The number of thiophene rings is 1. The van der Waals surface area contributed by atoms with E-state index in [0.717, 1.165) is 71.3 Å². The summed E-state index contributed by atoms with van der Waals surface area (Å²) in [6.07, 6.45) is 5.79. The highest BCUT2D eigenvalue weighted by molar-refractivity contribution is 7.18. The molecule has 0 spiro atoms. The van der Waals surface area contributed by atoms with E-state index in [0.29, 0.717) is 0 Å². The molecular formula is C26H28N6S. The predicted octanol–water partition coefficient (Wildman–Crippen LogP) is 5.33. The highest BCUT2D eigenvalue weighted by atomic mass is 32.1. The predicted molar refractivity (Wildman–Crippen MR) is 141 cm³/mol. The quantitative estimate of drug-likeness (QED) is 0.382. The number of hydrogen-bond acceptors (Lipinski definition) is 7. The van der Waals surface area contributed by atoms with Gasteiger partial charge in [0.05, 0.1) is 10.2 Å². The number of nitrogens with one attached hydrogen (secondary N) is 1. The van der Waals surface area contributed by atoms with Crippen LogP contribution in [0.4, 0.5) is 22.9 Å². The number of rotatable bonds is 6. The van der Waals surface area contributed by atoms with Crippen molar-refractivity contribution in [1.82, 2.24) is 14.9 Å². The van der Waals surface area contributed by atoms with Crippen LogP contribution in [0.3, 0.4) is 0 Å². The molecule has 1 aliphatic rings. The van der Waals surface area contributed by atoms with Gasteiger partial charge in [0.1, 0.15) is 6.33 Å². The highest BCUT2D eigenvalue weighted by Gasteiger charge is 2.16. The first-order chi connectivity index (χ1) is 16.2. The zero-order valence-corrected chi connectivity index (χ0v) is 19.6. The van der Waals surface area contributed by atoms with Crippen LogP contribution in [-0.2, 0) is 0 Å². The van der Waals surface area contributed by atoms with Crippen LogP contribution < -0.4 is 16.0 Å². The lowest BCUT2D eigenvalue weighted by molar-refractivity contribution is 0.271. The number of nitrogen functional groups attached to an aromatic ring is 1. The number of aromatic nitrogens is 2. The topological polar surface area (TPSA) is 70.3 Å². The van der Waals surface area contributed by atoms with E-state index in [-0.39, 0.29) is 0 Å². The van der Waals surface area contributed by atoms with Crippen LogP contribution in [0, 0.1) is 0 Å². The molecule has 0 radical (unpaired) electrons. The third-order valence-electron chi connectivity index (χ3n) is 6.09. The van der Waals surface area contributed by atoms with Gasteiger partial charge in [-0.25, -0.2) is 9.97 Å². The minimum atomic E-state index is 0.767. The van der Waals surface area contributed by atoms with Crippen molar-refractivity contribution in [3.8, 4) is 0 Å². The average Bonchev–Trinajstić information content (AvgIpc) is 3.28. The maximum Gasteiger partial charge on any atom is 0.151 e. The largest absolute Gasteiger partial charge is 0.399 e. The molecular weight excluding hydrogens is 428 g/mol. The first-order valence-electron chi connectivity index (χ1n) is 11.3. The van der Waals surface area contributed by atoms with Crippen LogP contribution in [0.25, 0.3) is 22.4 Å². The Hall–Kier alpha value is -3.42. The maximum absolute atomic E-state index is 5.78. The molecule has 0 saturated carbocycles. The Kier molecular flexibility index (Phi) is 6.24. The van der Waals surface area contributed by atoms with E-state index in [9.17, 15) is 0 Å². The molecule has 1 fully saturated rings. The summed E-state index contributed by atoms with van der Waals surface area (Å²) >= 11 is 1.65. The van der Waals surface area contributed by atoms with E-state index < -0.39 is 0 Å². The fourth-order valence-corrected chi connectivity index (χ4v) is 5.02. The van der Waals surface area contributed by atoms with E-state index >= 15 is 0 Å². The Balaban J connectivity index is 1.31. The Labute approximate surface area is 198 Å².